The molecule has 0 aliphatic heterocycles. The minimum Gasteiger partial charge on any atom is -0.508 e. The SMILES string of the molecule is NC(COc1ccc(O)cc1)C(F)(F)F. The van der Waals surface area contributed by atoms with Gasteiger partial charge in [0.25, 0.3) is 0 Å². The first-order chi connectivity index (χ1) is 6.89. The summed E-state index contributed by atoms with van der Waals surface area (Å²) >= 11 is 0. The Bertz CT molecular complexity index is 310. The van der Waals surface area contributed by atoms with Gasteiger partial charge in [0, 0.05) is 0 Å². The third kappa shape index (κ3) is 3.67. The second kappa shape index (κ2) is 4.39. The van der Waals surface area contributed by atoms with Crippen LogP contribution in [-0.4, -0.2) is 23.9 Å². The highest BCUT2D eigenvalue weighted by Gasteiger charge is 2.37. The van der Waals surface area contributed by atoms with Crippen molar-refractivity contribution < 1.29 is 23.0 Å². The molecule has 1 aromatic carbocycles. The van der Waals surface area contributed by atoms with Crippen molar-refractivity contribution in [1.82, 2.24) is 0 Å². The number of hydrogen-bond acceptors (Lipinski definition) is 3. The summed E-state index contributed by atoms with van der Waals surface area (Å²) in [5, 5.41) is 8.90. The maximum atomic E-state index is 12.0. The molecule has 6 heteroatoms. The Morgan fingerprint density at radius 1 is 1.27 bits per heavy atom. The van der Waals surface area contributed by atoms with Crippen molar-refractivity contribution in [3.8, 4) is 11.5 Å². The minimum absolute atomic E-state index is 0.0162. The minimum atomic E-state index is -4.46. The van der Waals surface area contributed by atoms with Crippen molar-refractivity contribution in [2.24, 2.45) is 5.73 Å². The molecule has 1 rings (SSSR count). The zero-order chi connectivity index (χ0) is 11.5. The van der Waals surface area contributed by atoms with E-state index in [4.69, 9.17) is 15.6 Å². The second-order valence-corrected chi connectivity index (χ2v) is 2.95. The van der Waals surface area contributed by atoms with E-state index in [1.54, 1.807) is 0 Å². The first-order valence-electron chi connectivity index (χ1n) is 4.13. The highest BCUT2D eigenvalue weighted by atomic mass is 19.4. The molecule has 0 radical (unpaired) electrons. The van der Waals surface area contributed by atoms with Crippen LogP contribution in [0.25, 0.3) is 0 Å². The molecule has 0 aliphatic rings. The quantitative estimate of drug-likeness (QED) is 0.816. The summed E-state index contributed by atoms with van der Waals surface area (Å²) in [6.07, 6.45) is -4.46. The number of aromatic hydroxyl groups is 1. The van der Waals surface area contributed by atoms with E-state index in [1.807, 2.05) is 0 Å². The molecule has 15 heavy (non-hydrogen) atoms. The maximum Gasteiger partial charge on any atom is 0.406 e. The lowest BCUT2D eigenvalue weighted by atomic mass is 10.3. The predicted octanol–water partition coefficient (Wildman–Crippen LogP) is 1.66. The van der Waals surface area contributed by atoms with E-state index in [0.29, 0.717) is 0 Å². The van der Waals surface area contributed by atoms with Gasteiger partial charge in [0.1, 0.15) is 24.1 Å². The van der Waals surface area contributed by atoms with Crippen molar-refractivity contribution >= 4 is 0 Å². The zero-order valence-corrected chi connectivity index (χ0v) is 7.66. The zero-order valence-electron chi connectivity index (χ0n) is 7.66. The Labute approximate surface area is 84.3 Å². The first-order valence-corrected chi connectivity index (χ1v) is 4.13. The molecule has 0 aromatic heterocycles. The lowest BCUT2D eigenvalue weighted by Gasteiger charge is -2.16. The van der Waals surface area contributed by atoms with Crippen LogP contribution in [0.15, 0.2) is 24.3 Å². The molecule has 3 nitrogen and oxygen atoms in total. The van der Waals surface area contributed by atoms with Crippen molar-refractivity contribution in [3.05, 3.63) is 24.3 Å². The van der Waals surface area contributed by atoms with Gasteiger partial charge in [0.15, 0.2) is 0 Å². The standard InChI is InChI=1S/C9H10F3NO2/c10-9(11,12)8(13)5-15-7-3-1-6(14)2-4-7/h1-4,8,14H,5,13H2. The van der Waals surface area contributed by atoms with Crippen molar-refractivity contribution in [2.45, 2.75) is 12.2 Å². The molecule has 1 unspecified atom stereocenters. The van der Waals surface area contributed by atoms with Gasteiger partial charge in [0.05, 0.1) is 0 Å². The number of benzene rings is 1. The summed E-state index contributed by atoms with van der Waals surface area (Å²) in [5.74, 6) is 0.245. The summed E-state index contributed by atoms with van der Waals surface area (Å²) in [7, 11) is 0. The Balaban J connectivity index is 2.47. The first kappa shape index (κ1) is 11.6. The molecule has 0 saturated carbocycles. The van der Waals surface area contributed by atoms with Gasteiger partial charge in [-0.2, -0.15) is 13.2 Å². The Morgan fingerprint density at radius 3 is 2.27 bits per heavy atom. The molecule has 3 N–H and O–H groups in total. The fourth-order valence-electron chi connectivity index (χ4n) is 0.823. The summed E-state index contributed by atoms with van der Waals surface area (Å²) in [6, 6.07) is 3.34. The van der Waals surface area contributed by atoms with E-state index in [-0.39, 0.29) is 11.5 Å². The van der Waals surface area contributed by atoms with Gasteiger partial charge < -0.3 is 15.6 Å². The largest absolute Gasteiger partial charge is 0.508 e. The van der Waals surface area contributed by atoms with Crippen LogP contribution in [0, 0.1) is 0 Å². The number of ether oxygens (including phenoxy) is 1. The molecular formula is C9H10F3NO2. The Morgan fingerprint density at radius 2 is 1.80 bits per heavy atom. The van der Waals surface area contributed by atoms with Gasteiger partial charge in [-0.1, -0.05) is 0 Å². The van der Waals surface area contributed by atoms with E-state index in [2.05, 4.69) is 0 Å². The summed E-state index contributed by atoms with van der Waals surface area (Å²) < 4.78 is 40.7. The van der Waals surface area contributed by atoms with Gasteiger partial charge in [-0.05, 0) is 24.3 Å². The molecule has 1 atom stereocenters. The lowest BCUT2D eigenvalue weighted by Crippen LogP contribution is -2.42. The lowest BCUT2D eigenvalue weighted by molar-refractivity contribution is -0.153. The molecule has 0 spiro atoms. The molecule has 0 heterocycles. The molecule has 0 saturated heterocycles. The topological polar surface area (TPSA) is 55.5 Å². The van der Waals surface area contributed by atoms with Gasteiger partial charge in [0.2, 0.25) is 0 Å². The number of hydrogen-bond donors (Lipinski definition) is 2. The normalized spacial score (nSPS) is 13.6. The van der Waals surface area contributed by atoms with Gasteiger partial charge >= 0.3 is 6.18 Å². The van der Waals surface area contributed by atoms with Gasteiger partial charge in [-0.3, -0.25) is 0 Å². The highest BCUT2D eigenvalue weighted by Crippen LogP contribution is 2.20. The van der Waals surface area contributed by atoms with Crippen molar-refractivity contribution in [2.75, 3.05) is 6.61 Å². The number of nitrogens with two attached hydrogens (primary N) is 1. The molecule has 1 aromatic rings. The maximum absolute atomic E-state index is 12.0. The van der Waals surface area contributed by atoms with E-state index in [9.17, 15) is 13.2 Å². The van der Waals surface area contributed by atoms with Gasteiger partial charge in [-0.25, -0.2) is 0 Å². The van der Waals surface area contributed by atoms with E-state index in [1.165, 1.54) is 24.3 Å². The Kier molecular flexibility index (Phi) is 3.41. The van der Waals surface area contributed by atoms with Crippen LogP contribution >= 0.6 is 0 Å². The summed E-state index contributed by atoms with van der Waals surface area (Å²) in [4.78, 5) is 0. The van der Waals surface area contributed by atoms with Crippen molar-refractivity contribution in [3.63, 3.8) is 0 Å². The van der Waals surface area contributed by atoms with Crippen LogP contribution < -0.4 is 10.5 Å². The number of halogens is 3. The van der Waals surface area contributed by atoms with Crippen LogP contribution in [0.2, 0.25) is 0 Å². The molecule has 0 fully saturated rings. The van der Waals surface area contributed by atoms with E-state index < -0.39 is 18.8 Å². The third-order valence-corrected chi connectivity index (χ3v) is 1.69. The number of phenolic OH excluding ortho intramolecular Hbond substituents is 1. The molecule has 0 amide bonds. The molecule has 0 aliphatic carbocycles. The van der Waals surface area contributed by atoms with Crippen LogP contribution in [0.5, 0.6) is 11.5 Å². The number of alkyl halides is 3. The fourth-order valence-corrected chi connectivity index (χ4v) is 0.823. The second-order valence-electron chi connectivity index (χ2n) is 2.95. The van der Waals surface area contributed by atoms with E-state index >= 15 is 0 Å². The summed E-state index contributed by atoms with van der Waals surface area (Å²) in [5.41, 5.74) is 4.83. The van der Waals surface area contributed by atoms with Gasteiger partial charge in [-0.15, -0.1) is 0 Å². The number of rotatable bonds is 3. The van der Waals surface area contributed by atoms with Crippen molar-refractivity contribution in [1.29, 1.82) is 0 Å². The van der Waals surface area contributed by atoms with Crippen LogP contribution in [0.3, 0.4) is 0 Å². The third-order valence-electron chi connectivity index (χ3n) is 1.69. The monoisotopic (exact) mass is 221 g/mol. The number of phenols is 1. The predicted molar refractivity (Wildman–Crippen MR) is 47.6 cm³/mol. The fraction of sp³-hybridized carbons (Fsp3) is 0.333. The van der Waals surface area contributed by atoms with Crippen LogP contribution in [0.1, 0.15) is 0 Å². The smallest absolute Gasteiger partial charge is 0.406 e. The van der Waals surface area contributed by atoms with Crippen LogP contribution in [0.4, 0.5) is 13.2 Å². The molecular weight excluding hydrogens is 211 g/mol. The highest BCUT2D eigenvalue weighted by molar-refractivity contribution is 5.30. The van der Waals surface area contributed by atoms with Crippen LogP contribution in [-0.2, 0) is 0 Å². The molecule has 84 valence electrons. The summed E-state index contributed by atoms with van der Waals surface area (Å²) in [6.45, 7) is -0.645. The average molecular weight is 221 g/mol. The molecule has 0 bridgehead atoms. The Hall–Kier alpha value is -1.43. The van der Waals surface area contributed by atoms with E-state index in [0.717, 1.165) is 0 Å². The average Bonchev–Trinajstić information content (AvgIpc) is 2.15.